The van der Waals surface area contributed by atoms with E-state index in [0.717, 1.165) is 18.9 Å². The molecule has 1 fully saturated rings. The minimum Gasteiger partial charge on any atom is -0.339 e. The number of non-ortho nitro benzene ring substituents is 1. The summed E-state index contributed by atoms with van der Waals surface area (Å²) < 4.78 is 28.1. The molecule has 1 heterocycles. The second-order valence-electron chi connectivity index (χ2n) is 7.25. The zero-order valence-electron chi connectivity index (χ0n) is 16.7. The van der Waals surface area contributed by atoms with Crippen LogP contribution >= 0.6 is 11.8 Å². The molecule has 0 aromatic heterocycles. The van der Waals surface area contributed by atoms with Gasteiger partial charge in [-0.05, 0) is 49.3 Å². The van der Waals surface area contributed by atoms with E-state index in [0.29, 0.717) is 29.5 Å². The van der Waals surface area contributed by atoms with Crippen LogP contribution in [0.4, 0.5) is 11.4 Å². The Balaban J connectivity index is 1.90. The van der Waals surface area contributed by atoms with Crippen molar-refractivity contribution in [3.63, 3.8) is 0 Å². The Labute approximate surface area is 179 Å². The van der Waals surface area contributed by atoms with Gasteiger partial charge in [-0.3, -0.25) is 19.6 Å². The number of nitrogens with one attached hydrogen (secondary N) is 1. The summed E-state index contributed by atoms with van der Waals surface area (Å²) in [6, 6.07) is 9.69. The van der Waals surface area contributed by atoms with E-state index in [1.165, 1.54) is 42.1 Å². The summed E-state index contributed by atoms with van der Waals surface area (Å²) in [7, 11) is -4.03. The lowest BCUT2D eigenvalue weighted by atomic mass is 9.98. The highest BCUT2D eigenvalue weighted by Crippen LogP contribution is 2.28. The molecule has 1 aliphatic rings. The van der Waals surface area contributed by atoms with Gasteiger partial charge in [-0.1, -0.05) is 13.0 Å². The van der Waals surface area contributed by atoms with Crippen molar-refractivity contribution in [2.75, 3.05) is 24.1 Å². The molecule has 0 radical (unpaired) electrons. The molecule has 0 saturated carbocycles. The molecule has 3 rings (SSSR count). The van der Waals surface area contributed by atoms with Crippen molar-refractivity contribution in [1.82, 2.24) is 4.90 Å². The number of sulfonamides is 1. The Kier molecular flexibility index (Phi) is 6.67. The van der Waals surface area contributed by atoms with Crippen molar-refractivity contribution < 1.29 is 18.1 Å². The molecule has 0 spiro atoms. The first-order chi connectivity index (χ1) is 14.2. The second kappa shape index (κ2) is 9.05. The Bertz CT molecular complexity index is 1060. The van der Waals surface area contributed by atoms with Crippen LogP contribution in [0.5, 0.6) is 0 Å². The van der Waals surface area contributed by atoms with Gasteiger partial charge in [-0.15, -0.1) is 11.8 Å². The number of rotatable bonds is 6. The smallest absolute Gasteiger partial charge is 0.271 e. The molecule has 160 valence electrons. The fourth-order valence-corrected chi connectivity index (χ4v) is 4.95. The van der Waals surface area contributed by atoms with Gasteiger partial charge in [0.15, 0.2) is 0 Å². The summed E-state index contributed by atoms with van der Waals surface area (Å²) in [4.78, 5) is 25.8. The van der Waals surface area contributed by atoms with Crippen LogP contribution in [-0.2, 0) is 10.0 Å². The number of carbonyl (C=O) groups is 1. The lowest BCUT2D eigenvalue weighted by Crippen LogP contribution is -2.38. The van der Waals surface area contributed by atoms with Crippen LogP contribution in [0.1, 0.15) is 30.1 Å². The minimum absolute atomic E-state index is 0.0690. The molecule has 0 atom stereocenters. The lowest BCUT2D eigenvalue weighted by molar-refractivity contribution is -0.384. The first-order valence-corrected chi connectivity index (χ1v) is 12.2. The number of likely N-dealkylation sites (tertiary alicyclic amines) is 1. The summed E-state index contributed by atoms with van der Waals surface area (Å²) in [5, 5.41) is 10.9. The molecule has 1 N–H and O–H groups in total. The predicted molar refractivity (Wildman–Crippen MR) is 116 cm³/mol. The molecule has 8 nitrogen and oxygen atoms in total. The van der Waals surface area contributed by atoms with E-state index in [4.69, 9.17) is 0 Å². The van der Waals surface area contributed by atoms with E-state index in [9.17, 15) is 23.3 Å². The normalized spacial score (nSPS) is 15.1. The molecule has 1 saturated heterocycles. The van der Waals surface area contributed by atoms with Crippen LogP contribution in [-0.4, -0.2) is 43.5 Å². The van der Waals surface area contributed by atoms with E-state index in [-0.39, 0.29) is 22.2 Å². The first kappa shape index (κ1) is 22.1. The van der Waals surface area contributed by atoms with Crippen molar-refractivity contribution in [2.24, 2.45) is 5.92 Å². The number of piperidine rings is 1. The average Bonchev–Trinajstić information content (AvgIpc) is 2.73. The van der Waals surface area contributed by atoms with Gasteiger partial charge in [0, 0.05) is 30.1 Å². The predicted octanol–water partition coefficient (Wildman–Crippen LogP) is 3.99. The molecule has 30 heavy (non-hydrogen) atoms. The highest BCUT2D eigenvalue weighted by atomic mass is 32.2. The fraction of sp³-hybridized carbons (Fsp3) is 0.350. The van der Waals surface area contributed by atoms with Gasteiger partial charge in [0.05, 0.1) is 21.1 Å². The zero-order valence-corrected chi connectivity index (χ0v) is 18.3. The van der Waals surface area contributed by atoms with Crippen LogP contribution in [0.3, 0.4) is 0 Å². The molecule has 0 bridgehead atoms. The summed E-state index contributed by atoms with van der Waals surface area (Å²) in [6.07, 6.45) is 3.68. The zero-order chi connectivity index (χ0) is 21.9. The van der Waals surface area contributed by atoms with Gasteiger partial charge in [0.25, 0.3) is 21.6 Å². The molecular formula is C20H23N3O5S2. The Morgan fingerprint density at radius 3 is 2.53 bits per heavy atom. The maximum absolute atomic E-state index is 13.1. The van der Waals surface area contributed by atoms with Gasteiger partial charge < -0.3 is 4.90 Å². The summed E-state index contributed by atoms with van der Waals surface area (Å²) in [5.74, 6) is 0.388. The summed E-state index contributed by atoms with van der Waals surface area (Å²) >= 11 is 1.38. The van der Waals surface area contributed by atoms with Crippen LogP contribution in [0.2, 0.25) is 0 Å². The van der Waals surface area contributed by atoms with Crippen molar-refractivity contribution in [2.45, 2.75) is 29.6 Å². The number of anilines is 1. The van der Waals surface area contributed by atoms with Crippen LogP contribution < -0.4 is 4.72 Å². The van der Waals surface area contributed by atoms with Crippen molar-refractivity contribution in [1.29, 1.82) is 0 Å². The SMILES string of the molecule is CSc1ccc(S(=O)(=O)Nc2cccc([N+](=O)[O-])c2)cc1C(=O)N1CCC(C)CC1. The minimum atomic E-state index is -4.03. The Hall–Kier alpha value is -2.59. The highest BCUT2D eigenvalue weighted by molar-refractivity contribution is 7.98. The maximum atomic E-state index is 13.1. The Morgan fingerprint density at radius 1 is 1.20 bits per heavy atom. The van der Waals surface area contributed by atoms with Gasteiger partial charge >= 0.3 is 0 Å². The number of nitro benzene ring substituents is 1. The van der Waals surface area contributed by atoms with Crippen LogP contribution in [0, 0.1) is 16.0 Å². The van der Waals surface area contributed by atoms with Crippen molar-refractivity contribution in [3.05, 3.63) is 58.1 Å². The fourth-order valence-electron chi connectivity index (χ4n) is 3.30. The van der Waals surface area contributed by atoms with Gasteiger partial charge in [0.2, 0.25) is 0 Å². The second-order valence-corrected chi connectivity index (χ2v) is 9.78. The average molecular weight is 450 g/mol. The van der Waals surface area contributed by atoms with E-state index in [1.807, 2.05) is 6.26 Å². The summed E-state index contributed by atoms with van der Waals surface area (Å²) in [5.41, 5.74) is 0.207. The first-order valence-electron chi connectivity index (χ1n) is 9.46. The third-order valence-electron chi connectivity index (χ3n) is 5.09. The standard InChI is InChI=1S/C20H23N3O5S2/c1-14-8-10-22(11-9-14)20(24)18-13-17(6-7-19(18)29-2)30(27,28)21-15-4-3-5-16(12-15)23(25)26/h3-7,12-14,21H,8-11H2,1-2H3. The van der Waals surface area contributed by atoms with Gasteiger partial charge in [-0.2, -0.15) is 0 Å². The van der Waals surface area contributed by atoms with Gasteiger partial charge in [0.1, 0.15) is 0 Å². The van der Waals surface area contributed by atoms with Crippen LogP contribution in [0.15, 0.2) is 52.3 Å². The molecular weight excluding hydrogens is 426 g/mol. The third-order valence-corrected chi connectivity index (χ3v) is 7.27. The van der Waals surface area contributed by atoms with Crippen molar-refractivity contribution >= 4 is 39.1 Å². The number of hydrogen-bond acceptors (Lipinski definition) is 6. The topological polar surface area (TPSA) is 110 Å². The maximum Gasteiger partial charge on any atom is 0.271 e. The number of hydrogen-bond donors (Lipinski definition) is 1. The molecule has 1 amide bonds. The third kappa shape index (κ3) is 4.93. The molecule has 2 aromatic carbocycles. The molecule has 10 heteroatoms. The molecule has 0 aliphatic carbocycles. The summed E-state index contributed by atoms with van der Waals surface area (Å²) in [6.45, 7) is 3.45. The van der Waals surface area contributed by atoms with E-state index in [2.05, 4.69) is 11.6 Å². The number of amides is 1. The lowest BCUT2D eigenvalue weighted by Gasteiger charge is -2.30. The van der Waals surface area contributed by atoms with E-state index < -0.39 is 14.9 Å². The van der Waals surface area contributed by atoms with Crippen molar-refractivity contribution in [3.8, 4) is 0 Å². The number of thioether (sulfide) groups is 1. The largest absolute Gasteiger partial charge is 0.339 e. The van der Waals surface area contributed by atoms with Gasteiger partial charge in [-0.25, -0.2) is 8.42 Å². The van der Waals surface area contributed by atoms with E-state index >= 15 is 0 Å². The number of benzene rings is 2. The monoisotopic (exact) mass is 449 g/mol. The van der Waals surface area contributed by atoms with E-state index in [1.54, 1.807) is 11.0 Å². The van der Waals surface area contributed by atoms with Crippen LogP contribution in [0.25, 0.3) is 0 Å². The molecule has 1 aliphatic heterocycles. The molecule has 0 unspecified atom stereocenters. The number of carbonyl (C=O) groups excluding carboxylic acids is 1. The number of nitrogens with zero attached hydrogens (tertiary/aromatic N) is 2. The quantitative estimate of drug-likeness (QED) is 0.406. The molecule has 2 aromatic rings. The number of nitro groups is 1. The Morgan fingerprint density at radius 2 is 1.90 bits per heavy atom. The highest BCUT2D eigenvalue weighted by Gasteiger charge is 2.25.